The van der Waals surface area contributed by atoms with E-state index >= 15 is 0 Å². The maximum absolute atomic E-state index is 8.12. The zero-order valence-electron chi connectivity index (χ0n) is 25.3. The number of hydrogen-bond donors (Lipinski definition) is 0. The SMILES string of the molecule is CCCCCCCCCCCC[Si](C)(C)c1ccc([Si](C)(C)CCC[Si](OC)(OC)OC)cc1.O=C=O. The van der Waals surface area contributed by atoms with Crippen LogP contribution in [0.5, 0.6) is 0 Å². The number of rotatable bonds is 20. The fraction of sp³-hybridized carbons (Fsp3) is 0.759. The molecule has 0 N–H and O–H groups in total. The molecule has 0 bridgehead atoms. The van der Waals surface area contributed by atoms with Gasteiger partial charge < -0.3 is 13.3 Å². The number of benzene rings is 1. The van der Waals surface area contributed by atoms with Gasteiger partial charge in [0.25, 0.3) is 0 Å². The van der Waals surface area contributed by atoms with E-state index in [0.717, 1.165) is 12.5 Å². The molecule has 0 fully saturated rings. The fourth-order valence-corrected chi connectivity index (χ4v) is 12.0. The van der Waals surface area contributed by atoms with Crippen LogP contribution in [0.25, 0.3) is 0 Å². The van der Waals surface area contributed by atoms with Crippen molar-refractivity contribution in [1.29, 1.82) is 0 Å². The monoisotopic (exact) mass is 568 g/mol. The van der Waals surface area contributed by atoms with Crippen LogP contribution in [-0.2, 0) is 22.9 Å². The second-order valence-corrected chi connectivity index (χ2v) is 24.3. The lowest BCUT2D eigenvalue weighted by Crippen LogP contribution is -2.46. The highest BCUT2D eigenvalue weighted by Crippen LogP contribution is 2.22. The van der Waals surface area contributed by atoms with E-state index in [9.17, 15) is 0 Å². The predicted molar refractivity (Wildman–Crippen MR) is 163 cm³/mol. The second-order valence-electron chi connectivity index (χ2n) is 11.5. The van der Waals surface area contributed by atoms with E-state index in [1.165, 1.54) is 76.3 Å². The molecular weight excluding hydrogens is 513 g/mol. The van der Waals surface area contributed by atoms with E-state index < -0.39 is 25.0 Å². The van der Waals surface area contributed by atoms with E-state index in [-0.39, 0.29) is 6.15 Å². The molecule has 0 aromatic heterocycles. The Kier molecular flexibility index (Phi) is 19.6. The van der Waals surface area contributed by atoms with Crippen LogP contribution < -0.4 is 10.4 Å². The molecule has 1 aromatic rings. The number of unbranched alkanes of at least 4 members (excludes halogenated alkanes) is 9. The van der Waals surface area contributed by atoms with Gasteiger partial charge in [-0.25, -0.2) is 0 Å². The molecule has 0 atom stereocenters. The topological polar surface area (TPSA) is 61.8 Å². The summed E-state index contributed by atoms with van der Waals surface area (Å²) in [5, 5.41) is 3.20. The van der Waals surface area contributed by atoms with E-state index in [2.05, 4.69) is 57.4 Å². The van der Waals surface area contributed by atoms with Gasteiger partial charge in [0.2, 0.25) is 0 Å². The number of hydrogen-bond acceptors (Lipinski definition) is 5. The molecule has 0 unspecified atom stereocenters. The molecule has 0 radical (unpaired) electrons. The van der Waals surface area contributed by atoms with E-state index in [0.29, 0.717) is 0 Å². The molecule has 37 heavy (non-hydrogen) atoms. The summed E-state index contributed by atoms with van der Waals surface area (Å²) in [6, 6.07) is 13.4. The molecule has 0 saturated heterocycles. The van der Waals surface area contributed by atoms with Gasteiger partial charge in [-0.15, -0.1) is 0 Å². The summed E-state index contributed by atoms with van der Waals surface area (Å²) in [6.45, 7) is 12.4. The third kappa shape index (κ3) is 14.7. The van der Waals surface area contributed by atoms with E-state index in [1.807, 2.05) is 0 Å². The molecule has 0 spiro atoms. The first kappa shape index (κ1) is 36.1. The van der Waals surface area contributed by atoms with Crippen molar-refractivity contribution in [3.63, 3.8) is 0 Å². The summed E-state index contributed by atoms with van der Waals surface area (Å²) >= 11 is 0. The Morgan fingerprint density at radius 1 is 0.568 bits per heavy atom. The highest BCUT2D eigenvalue weighted by atomic mass is 28.4. The first-order valence-corrected chi connectivity index (χ1v) is 22.7. The molecule has 214 valence electrons. The second kappa shape index (κ2) is 20.1. The van der Waals surface area contributed by atoms with E-state index in [4.69, 9.17) is 22.9 Å². The lowest BCUT2D eigenvalue weighted by atomic mass is 10.1. The zero-order chi connectivity index (χ0) is 28.2. The standard InChI is InChI=1S/C28H56O3Si3.CO2/c1-9-10-11-12-13-14-15-16-17-18-24-32(5,6)27-20-22-28(23-21-27)33(7,8)25-19-26-34(29-2,30-3)31-4;2-1-3/h20-23H,9-19,24-26H2,1-8H3;. The van der Waals surface area contributed by atoms with Crippen LogP contribution >= 0.6 is 0 Å². The molecule has 0 aliphatic carbocycles. The van der Waals surface area contributed by atoms with Gasteiger partial charge in [0.1, 0.15) is 0 Å². The van der Waals surface area contributed by atoms with Gasteiger partial charge in [-0.05, 0) is 0 Å². The summed E-state index contributed by atoms with van der Waals surface area (Å²) in [5.74, 6) is 0. The highest BCUT2D eigenvalue weighted by molar-refractivity contribution is 6.91. The molecule has 0 saturated carbocycles. The molecule has 1 aromatic carbocycles. The molecule has 1 rings (SSSR count). The van der Waals surface area contributed by atoms with Gasteiger partial charge >= 0.3 is 15.0 Å². The van der Waals surface area contributed by atoms with Gasteiger partial charge in [-0.2, -0.15) is 9.59 Å². The van der Waals surface area contributed by atoms with Gasteiger partial charge in [0.15, 0.2) is 0 Å². The first-order valence-electron chi connectivity index (χ1n) is 14.3. The summed E-state index contributed by atoms with van der Waals surface area (Å²) in [7, 11) is -0.154. The van der Waals surface area contributed by atoms with Gasteiger partial charge in [0, 0.05) is 27.4 Å². The van der Waals surface area contributed by atoms with Gasteiger partial charge in [0.05, 0.1) is 16.1 Å². The summed E-state index contributed by atoms with van der Waals surface area (Å²) in [5.41, 5.74) is 0. The van der Waals surface area contributed by atoms with Crippen LogP contribution in [0.1, 0.15) is 77.6 Å². The van der Waals surface area contributed by atoms with E-state index in [1.54, 1.807) is 31.7 Å². The Hall–Kier alpha value is -0.869. The van der Waals surface area contributed by atoms with Crippen LogP contribution in [0.15, 0.2) is 24.3 Å². The minimum Gasteiger partial charge on any atom is -0.377 e. The normalized spacial score (nSPS) is 12.1. The van der Waals surface area contributed by atoms with Gasteiger partial charge in [-0.3, -0.25) is 0 Å². The Morgan fingerprint density at radius 3 is 1.24 bits per heavy atom. The average molecular weight is 569 g/mol. The Bertz CT molecular complexity index is 719. The zero-order valence-corrected chi connectivity index (χ0v) is 28.3. The highest BCUT2D eigenvalue weighted by Gasteiger charge is 2.38. The Balaban J connectivity index is 0.00000410. The van der Waals surface area contributed by atoms with Crippen LogP contribution in [0.4, 0.5) is 0 Å². The van der Waals surface area contributed by atoms with Crippen molar-refractivity contribution < 1.29 is 22.9 Å². The average Bonchev–Trinajstić information content (AvgIpc) is 2.88. The summed E-state index contributed by atoms with van der Waals surface area (Å²) < 4.78 is 16.8. The molecule has 0 aliphatic rings. The van der Waals surface area contributed by atoms with Crippen molar-refractivity contribution in [1.82, 2.24) is 0 Å². The van der Waals surface area contributed by atoms with Crippen molar-refractivity contribution in [2.75, 3.05) is 21.3 Å². The van der Waals surface area contributed by atoms with Crippen molar-refractivity contribution >= 4 is 41.5 Å². The minimum absolute atomic E-state index is 0.250. The van der Waals surface area contributed by atoms with Gasteiger partial charge in [-0.1, -0.05) is 150 Å². The molecule has 0 heterocycles. The molecular formula is C29H56O5Si3. The van der Waals surface area contributed by atoms with Crippen LogP contribution in [0, 0.1) is 0 Å². The third-order valence-corrected chi connectivity index (χ3v) is 17.7. The largest absolute Gasteiger partial charge is 0.500 e. The van der Waals surface area contributed by atoms with Crippen molar-refractivity contribution in [2.45, 2.75) is 122 Å². The molecule has 8 heteroatoms. The fourth-order valence-electron chi connectivity index (χ4n) is 5.02. The van der Waals surface area contributed by atoms with Crippen LogP contribution in [-0.4, -0.2) is 52.4 Å². The predicted octanol–water partition coefficient (Wildman–Crippen LogP) is 7.12. The lowest BCUT2D eigenvalue weighted by Gasteiger charge is -2.28. The van der Waals surface area contributed by atoms with Crippen LogP contribution in [0.2, 0.25) is 44.3 Å². The summed E-state index contributed by atoms with van der Waals surface area (Å²) in [6.07, 6.45) is 15.6. The quantitative estimate of drug-likeness (QED) is 0.124. The Labute approximate surface area is 231 Å². The molecule has 0 aliphatic heterocycles. The van der Waals surface area contributed by atoms with Crippen molar-refractivity contribution in [2.24, 2.45) is 0 Å². The first-order chi connectivity index (χ1) is 17.6. The molecule has 0 amide bonds. The maximum atomic E-state index is 8.12. The maximum Gasteiger partial charge on any atom is 0.500 e. The Morgan fingerprint density at radius 2 is 0.892 bits per heavy atom. The molecule has 5 nitrogen and oxygen atoms in total. The summed E-state index contributed by atoms with van der Waals surface area (Å²) in [4.78, 5) is 16.2. The number of carbonyl (C=O) groups excluding carboxylic acids is 2. The van der Waals surface area contributed by atoms with Crippen molar-refractivity contribution in [3.8, 4) is 0 Å². The third-order valence-electron chi connectivity index (χ3n) is 7.82. The van der Waals surface area contributed by atoms with Crippen molar-refractivity contribution in [3.05, 3.63) is 24.3 Å². The van der Waals surface area contributed by atoms with Crippen LogP contribution in [0.3, 0.4) is 0 Å². The lowest BCUT2D eigenvalue weighted by molar-refractivity contribution is -0.191. The smallest absolute Gasteiger partial charge is 0.377 e. The minimum atomic E-state index is -2.46.